The molecule has 29 heavy (non-hydrogen) atoms. The smallest absolute Gasteiger partial charge is 0.343 e. The first kappa shape index (κ1) is 22.0. The molecule has 0 heterocycles. The van der Waals surface area contributed by atoms with Crippen molar-refractivity contribution in [2.75, 3.05) is 21.3 Å². The van der Waals surface area contributed by atoms with E-state index in [9.17, 15) is 18.0 Å². The third-order valence-electron chi connectivity index (χ3n) is 3.82. The fourth-order valence-corrected chi connectivity index (χ4v) is 3.53. The highest BCUT2D eigenvalue weighted by molar-refractivity contribution is 7.87. The van der Waals surface area contributed by atoms with Crippen LogP contribution in [0.5, 0.6) is 17.2 Å². The Labute approximate surface area is 168 Å². The number of esters is 1. The van der Waals surface area contributed by atoms with Crippen molar-refractivity contribution in [3.8, 4) is 17.2 Å². The molecule has 0 N–H and O–H groups in total. The number of hydrogen-bond donors (Lipinski definition) is 0. The molecule has 8 nitrogen and oxygen atoms in total. The van der Waals surface area contributed by atoms with Gasteiger partial charge in [-0.1, -0.05) is 0 Å². The predicted molar refractivity (Wildman–Crippen MR) is 105 cm³/mol. The summed E-state index contributed by atoms with van der Waals surface area (Å²) in [5.41, 5.74) is 0.770. The van der Waals surface area contributed by atoms with Gasteiger partial charge in [0.1, 0.15) is 5.75 Å². The second-order valence-electron chi connectivity index (χ2n) is 5.73. The minimum absolute atomic E-state index is 0.0199. The van der Waals surface area contributed by atoms with E-state index in [0.717, 1.165) is 6.08 Å². The summed E-state index contributed by atoms with van der Waals surface area (Å²) in [6.45, 7) is 1.40. The van der Waals surface area contributed by atoms with Crippen molar-refractivity contribution in [3.05, 3.63) is 53.6 Å². The summed E-state index contributed by atoms with van der Waals surface area (Å²) in [5.74, 6) is -0.662. The molecule has 9 heteroatoms. The largest absolute Gasteiger partial charge is 0.493 e. The molecule has 0 saturated heterocycles. The van der Waals surface area contributed by atoms with Crippen LogP contribution in [0.15, 0.2) is 47.4 Å². The van der Waals surface area contributed by atoms with Crippen LogP contribution in [0.25, 0.3) is 6.08 Å². The highest BCUT2D eigenvalue weighted by Crippen LogP contribution is 2.37. The van der Waals surface area contributed by atoms with Crippen molar-refractivity contribution in [1.82, 2.24) is 0 Å². The number of carbonyl (C=O) groups is 2. The minimum Gasteiger partial charge on any atom is -0.493 e. The molecule has 154 valence electrons. The van der Waals surface area contributed by atoms with Crippen LogP contribution >= 0.6 is 0 Å². The van der Waals surface area contributed by atoms with Crippen LogP contribution in [0.4, 0.5) is 0 Å². The molecule has 0 aliphatic carbocycles. The van der Waals surface area contributed by atoms with Gasteiger partial charge in [0.25, 0.3) is 0 Å². The molecular weight excluding hydrogens is 400 g/mol. The van der Waals surface area contributed by atoms with Crippen molar-refractivity contribution >= 4 is 27.9 Å². The first-order chi connectivity index (χ1) is 13.7. The van der Waals surface area contributed by atoms with Crippen molar-refractivity contribution < 1.29 is 36.4 Å². The van der Waals surface area contributed by atoms with Gasteiger partial charge >= 0.3 is 16.1 Å². The molecule has 0 radical (unpaired) electrons. The van der Waals surface area contributed by atoms with Gasteiger partial charge in [-0.25, -0.2) is 4.79 Å². The second-order valence-corrected chi connectivity index (χ2v) is 7.24. The zero-order valence-corrected chi connectivity index (χ0v) is 17.1. The van der Waals surface area contributed by atoms with E-state index in [-0.39, 0.29) is 27.9 Å². The third-order valence-corrected chi connectivity index (χ3v) is 5.07. The summed E-state index contributed by atoms with van der Waals surface area (Å²) in [4.78, 5) is 22.4. The Morgan fingerprint density at radius 3 is 2.14 bits per heavy atom. The fourth-order valence-electron chi connectivity index (χ4n) is 2.38. The lowest BCUT2D eigenvalue weighted by atomic mass is 10.1. The van der Waals surface area contributed by atoms with E-state index in [1.807, 2.05) is 0 Å². The van der Waals surface area contributed by atoms with Gasteiger partial charge in [0.05, 0.1) is 21.3 Å². The molecule has 0 aromatic heterocycles. The normalized spacial score (nSPS) is 11.2. The van der Waals surface area contributed by atoms with Gasteiger partial charge in [-0.05, 0) is 55.0 Å². The number of ether oxygens (including phenoxy) is 3. The highest BCUT2D eigenvalue weighted by Gasteiger charge is 2.26. The number of methoxy groups -OCH3 is 3. The average Bonchev–Trinajstić information content (AvgIpc) is 2.71. The lowest BCUT2D eigenvalue weighted by molar-refractivity contribution is -0.134. The van der Waals surface area contributed by atoms with Crippen molar-refractivity contribution in [3.63, 3.8) is 0 Å². The lowest BCUT2D eigenvalue weighted by Crippen LogP contribution is -2.12. The van der Waals surface area contributed by atoms with Crippen LogP contribution < -0.4 is 13.7 Å². The molecule has 0 unspecified atom stereocenters. The van der Waals surface area contributed by atoms with E-state index in [2.05, 4.69) is 4.74 Å². The molecule has 0 aliphatic heterocycles. The monoisotopic (exact) mass is 420 g/mol. The predicted octanol–water partition coefficient (Wildman–Crippen LogP) is 2.86. The van der Waals surface area contributed by atoms with Gasteiger partial charge in [0, 0.05) is 11.6 Å². The van der Waals surface area contributed by atoms with Crippen LogP contribution in [-0.4, -0.2) is 41.5 Å². The second kappa shape index (κ2) is 9.24. The van der Waals surface area contributed by atoms with Gasteiger partial charge in [-0.3, -0.25) is 4.79 Å². The molecule has 0 saturated carbocycles. The van der Waals surface area contributed by atoms with Crippen molar-refractivity contribution in [1.29, 1.82) is 0 Å². The summed E-state index contributed by atoms with van der Waals surface area (Å²) in [6.07, 6.45) is 2.51. The molecular formula is C20H20O8S. The van der Waals surface area contributed by atoms with E-state index in [1.165, 1.54) is 70.7 Å². The molecule has 0 amide bonds. The zero-order valence-electron chi connectivity index (χ0n) is 16.3. The summed E-state index contributed by atoms with van der Waals surface area (Å²) in [7, 11) is -0.459. The molecule has 2 aromatic carbocycles. The van der Waals surface area contributed by atoms with E-state index in [4.69, 9.17) is 13.7 Å². The Morgan fingerprint density at radius 1 is 0.966 bits per heavy atom. The van der Waals surface area contributed by atoms with Crippen molar-refractivity contribution in [2.24, 2.45) is 0 Å². The Morgan fingerprint density at radius 2 is 1.62 bits per heavy atom. The highest BCUT2D eigenvalue weighted by atomic mass is 32.2. The SMILES string of the molecule is COC(=O)/C=C/c1cc(OC)c(OC)c(S(=O)(=O)Oc2ccc(C(C)=O)cc2)c1. The number of rotatable bonds is 8. The average molecular weight is 420 g/mol. The number of ketones is 1. The molecule has 0 bridgehead atoms. The topological polar surface area (TPSA) is 105 Å². The molecule has 0 aliphatic rings. The fraction of sp³-hybridized carbons (Fsp3) is 0.200. The first-order valence-corrected chi connectivity index (χ1v) is 9.70. The molecule has 2 rings (SSSR count). The quantitative estimate of drug-likeness (QED) is 0.278. The van der Waals surface area contributed by atoms with E-state index < -0.39 is 16.1 Å². The van der Waals surface area contributed by atoms with Crippen molar-refractivity contribution in [2.45, 2.75) is 11.8 Å². The molecule has 0 fully saturated rings. The maximum absolute atomic E-state index is 12.9. The first-order valence-electron chi connectivity index (χ1n) is 8.29. The van der Waals surface area contributed by atoms with Crippen LogP contribution in [0, 0.1) is 0 Å². The summed E-state index contributed by atoms with van der Waals surface area (Å²) >= 11 is 0. The summed E-state index contributed by atoms with van der Waals surface area (Å²) < 4.78 is 45.9. The molecule has 0 spiro atoms. The van der Waals surface area contributed by atoms with Gasteiger partial charge in [-0.15, -0.1) is 0 Å². The third kappa shape index (κ3) is 5.35. The van der Waals surface area contributed by atoms with Gasteiger partial charge in [0.2, 0.25) is 0 Å². The van der Waals surface area contributed by atoms with Crippen LogP contribution in [0.1, 0.15) is 22.8 Å². The van der Waals surface area contributed by atoms with E-state index in [1.54, 1.807) is 0 Å². The molecule has 2 aromatic rings. The Kier molecular flexibility index (Phi) is 7.00. The van der Waals surface area contributed by atoms with Gasteiger partial charge < -0.3 is 18.4 Å². The zero-order chi connectivity index (χ0) is 21.6. The standard InChI is InChI=1S/C20H20O8S/c1-13(21)15-6-8-16(9-7-15)28-29(23,24)18-12-14(5-10-19(22)26-3)11-17(25-2)20(18)27-4/h5-12H,1-4H3/b10-5+. The minimum atomic E-state index is -4.33. The van der Waals surface area contributed by atoms with E-state index >= 15 is 0 Å². The van der Waals surface area contributed by atoms with E-state index in [0.29, 0.717) is 11.1 Å². The van der Waals surface area contributed by atoms with Crippen LogP contribution in [-0.2, 0) is 19.6 Å². The summed E-state index contributed by atoms with van der Waals surface area (Å²) in [5, 5.41) is 0. The maximum Gasteiger partial charge on any atom is 0.343 e. The Bertz CT molecular complexity index is 1040. The van der Waals surface area contributed by atoms with Crippen LogP contribution in [0.2, 0.25) is 0 Å². The number of hydrogen-bond acceptors (Lipinski definition) is 8. The van der Waals surface area contributed by atoms with Gasteiger partial charge in [0.15, 0.2) is 22.2 Å². The molecule has 0 atom stereocenters. The number of benzene rings is 2. The Hall–Kier alpha value is -3.33. The maximum atomic E-state index is 12.9. The lowest BCUT2D eigenvalue weighted by Gasteiger charge is -2.15. The summed E-state index contributed by atoms with van der Waals surface area (Å²) in [6, 6.07) is 8.44. The number of carbonyl (C=O) groups excluding carboxylic acids is 2. The number of Topliss-reactive ketones (excluding diaryl/α,β-unsaturated/α-hetero) is 1. The Balaban J connectivity index is 2.49. The van der Waals surface area contributed by atoms with Crippen LogP contribution in [0.3, 0.4) is 0 Å². The van der Waals surface area contributed by atoms with Gasteiger partial charge in [-0.2, -0.15) is 8.42 Å².